The second-order valence-corrected chi connectivity index (χ2v) is 7.49. The molecule has 0 radical (unpaired) electrons. The summed E-state index contributed by atoms with van der Waals surface area (Å²) in [6.07, 6.45) is 4.47. The van der Waals surface area contributed by atoms with Crippen molar-refractivity contribution in [1.82, 2.24) is 4.98 Å². The highest BCUT2D eigenvalue weighted by Gasteiger charge is 2.13. The molecule has 1 atom stereocenters. The van der Waals surface area contributed by atoms with Crippen molar-refractivity contribution in [1.29, 1.82) is 0 Å². The number of hydrogen-bond acceptors (Lipinski definition) is 3. The third-order valence-corrected chi connectivity index (χ3v) is 5.31. The van der Waals surface area contributed by atoms with Gasteiger partial charge in [-0.25, -0.2) is 0 Å². The highest BCUT2D eigenvalue weighted by Crippen LogP contribution is 2.20. The van der Waals surface area contributed by atoms with Gasteiger partial charge in [0.05, 0.1) is 5.25 Å². The number of carbonyl (C=O) groups is 1. The number of nitrogens with one attached hydrogen (secondary N) is 1. The van der Waals surface area contributed by atoms with Crippen molar-refractivity contribution in [2.45, 2.75) is 24.3 Å². The number of aromatic nitrogens is 1. The first-order chi connectivity index (χ1) is 12.7. The molecule has 1 N–H and O–H groups in total. The summed E-state index contributed by atoms with van der Waals surface area (Å²) < 4.78 is 0. The van der Waals surface area contributed by atoms with E-state index in [1.54, 1.807) is 24.2 Å². The van der Waals surface area contributed by atoms with Crippen molar-refractivity contribution in [2.75, 3.05) is 5.32 Å². The summed E-state index contributed by atoms with van der Waals surface area (Å²) in [5.74, 6) is 0.869. The van der Waals surface area contributed by atoms with Gasteiger partial charge in [0.1, 0.15) is 0 Å². The predicted octanol–water partition coefficient (Wildman–Crippen LogP) is 4.93. The monoisotopic (exact) mass is 362 g/mol. The molecule has 0 unspecified atom stereocenters. The van der Waals surface area contributed by atoms with Crippen molar-refractivity contribution in [3.05, 3.63) is 95.8 Å². The zero-order valence-electron chi connectivity index (χ0n) is 14.8. The first-order valence-corrected chi connectivity index (χ1v) is 9.70. The number of amides is 1. The second kappa shape index (κ2) is 9.20. The van der Waals surface area contributed by atoms with Crippen LogP contribution >= 0.6 is 11.8 Å². The van der Waals surface area contributed by atoms with E-state index in [0.717, 1.165) is 17.9 Å². The van der Waals surface area contributed by atoms with Crippen LogP contribution in [-0.2, 0) is 17.0 Å². The van der Waals surface area contributed by atoms with Crippen LogP contribution in [0.2, 0.25) is 0 Å². The van der Waals surface area contributed by atoms with Crippen LogP contribution in [0.4, 0.5) is 5.69 Å². The molecule has 3 nitrogen and oxygen atoms in total. The van der Waals surface area contributed by atoms with Gasteiger partial charge in [-0.05, 0) is 54.3 Å². The van der Waals surface area contributed by atoms with E-state index >= 15 is 0 Å². The fourth-order valence-electron chi connectivity index (χ4n) is 2.56. The summed E-state index contributed by atoms with van der Waals surface area (Å²) in [4.78, 5) is 16.4. The zero-order chi connectivity index (χ0) is 18.2. The Kier molecular flexibility index (Phi) is 6.45. The van der Waals surface area contributed by atoms with Crippen molar-refractivity contribution in [2.24, 2.45) is 0 Å². The summed E-state index contributed by atoms with van der Waals surface area (Å²) in [6, 6.07) is 22.3. The molecule has 0 fully saturated rings. The Bertz CT molecular complexity index is 820. The van der Waals surface area contributed by atoms with Crippen LogP contribution < -0.4 is 5.32 Å². The molecule has 0 aliphatic carbocycles. The molecule has 2 aromatic carbocycles. The number of pyridine rings is 1. The normalized spacial score (nSPS) is 11.7. The molecule has 26 heavy (non-hydrogen) atoms. The lowest BCUT2D eigenvalue weighted by Gasteiger charge is -2.12. The number of benzene rings is 2. The summed E-state index contributed by atoms with van der Waals surface area (Å²) >= 11 is 1.64. The van der Waals surface area contributed by atoms with Gasteiger partial charge in [0, 0.05) is 23.8 Å². The van der Waals surface area contributed by atoms with E-state index < -0.39 is 0 Å². The third kappa shape index (κ3) is 5.46. The van der Waals surface area contributed by atoms with Crippen molar-refractivity contribution >= 4 is 23.4 Å². The van der Waals surface area contributed by atoms with E-state index in [1.807, 2.05) is 49.4 Å². The average molecular weight is 362 g/mol. The van der Waals surface area contributed by atoms with Gasteiger partial charge in [0.25, 0.3) is 0 Å². The van der Waals surface area contributed by atoms with Gasteiger partial charge >= 0.3 is 0 Å². The Morgan fingerprint density at radius 1 is 0.923 bits per heavy atom. The van der Waals surface area contributed by atoms with Crippen molar-refractivity contribution in [3.8, 4) is 0 Å². The summed E-state index contributed by atoms with van der Waals surface area (Å²) in [6.45, 7) is 1.95. The minimum atomic E-state index is -0.105. The topological polar surface area (TPSA) is 42.0 Å². The SMILES string of the molecule is C[C@H](SCc1ccccc1)C(=O)Nc1ccc(Cc2ccncc2)cc1. The van der Waals surface area contributed by atoms with Crippen LogP contribution in [0.1, 0.15) is 23.6 Å². The fraction of sp³-hybridized carbons (Fsp3) is 0.182. The van der Waals surface area contributed by atoms with Gasteiger partial charge in [-0.1, -0.05) is 42.5 Å². The number of nitrogens with zero attached hydrogens (tertiary/aromatic N) is 1. The molecule has 0 saturated heterocycles. The molecular weight excluding hydrogens is 340 g/mol. The maximum atomic E-state index is 12.4. The van der Waals surface area contributed by atoms with Crippen LogP contribution in [0.3, 0.4) is 0 Å². The standard InChI is InChI=1S/C22H22N2OS/c1-17(26-16-20-5-3-2-4-6-20)22(25)24-21-9-7-18(8-10-21)15-19-11-13-23-14-12-19/h2-14,17H,15-16H2,1H3,(H,24,25)/t17-/m0/s1. The van der Waals surface area contributed by atoms with Gasteiger partial charge in [0.15, 0.2) is 0 Å². The zero-order valence-corrected chi connectivity index (χ0v) is 15.6. The van der Waals surface area contributed by atoms with E-state index in [9.17, 15) is 4.79 Å². The lowest BCUT2D eigenvalue weighted by Crippen LogP contribution is -2.22. The van der Waals surface area contributed by atoms with Crippen molar-refractivity contribution < 1.29 is 4.79 Å². The van der Waals surface area contributed by atoms with Gasteiger partial charge in [0.2, 0.25) is 5.91 Å². The highest BCUT2D eigenvalue weighted by molar-refractivity contribution is 7.99. The first kappa shape index (κ1) is 18.2. The van der Waals surface area contributed by atoms with Crippen molar-refractivity contribution in [3.63, 3.8) is 0 Å². The Morgan fingerprint density at radius 2 is 1.58 bits per heavy atom. The summed E-state index contributed by atoms with van der Waals surface area (Å²) in [5, 5.41) is 2.89. The minimum Gasteiger partial charge on any atom is -0.325 e. The van der Waals surface area contributed by atoms with Crippen LogP contribution in [0.5, 0.6) is 0 Å². The van der Waals surface area contributed by atoms with Gasteiger partial charge < -0.3 is 5.32 Å². The molecule has 0 aliphatic heterocycles. The van der Waals surface area contributed by atoms with E-state index in [0.29, 0.717) is 0 Å². The quantitative estimate of drug-likeness (QED) is 0.648. The molecule has 0 aliphatic rings. The van der Waals surface area contributed by atoms with Crippen LogP contribution in [0.15, 0.2) is 79.1 Å². The fourth-order valence-corrected chi connectivity index (χ4v) is 3.40. The first-order valence-electron chi connectivity index (χ1n) is 8.65. The number of thioether (sulfide) groups is 1. The van der Waals surface area contributed by atoms with Gasteiger partial charge in [-0.15, -0.1) is 11.8 Å². The molecular formula is C22H22N2OS. The highest BCUT2D eigenvalue weighted by atomic mass is 32.2. The van der Waals surface area contributed by atoms with Gasteiger partial charge in [-0.3, -0.25) is 9.78 Å². The largest absolute Gasteiger partial charge is 0.325 e. The molecule has 0 bridgehead atoms. The van der Waals surface area contributed by atoms with E-state index in [2.05, 4.69) is 34.6 Å². The smallest absolute Gasteiger partial charge is 0.237 e. The second-order valence-electron chi connectivity index (χ2n) is 6.16. The van der Waals surface area contributed by atoms with E-state index in [-0.39, 0.29) is 11.2 Å². The minimum absolute atomic E-state index is 0.0350. The molecule has 1 aromatic heterocycles. The Morgan fingerprint density at radius 3 is 2.27 bits per heavy atom. The average Bonchev–Trinajstić information content (AvgIpc) is 2.69. The Labute approximate surface area is 158 Å². The number of carbonyl (C=O) groups excluding carboxylic acids is 1. The molecule has 0 saturated carbocycles. The van der Waals surface area contributed by atoms with Crippen LogP contribution in [-0.4, -0.2) is 16.1 Å². The molecule has 3 aromatic rings. The lowest BCUT2D eigenvalue weighted by molar-refractivity contribution is -0.115. The number of anilines is 1. The molecule has 0 spiro atoms. The molecule has 1 heterocycles. The maximum absolute atomic E-state index is 12.4. The molecule has 132 valence electrons. The molecule has 1 amide bonds. The van der Waals surface area contributed by atoms with Crippen LogP contribution in [0, 0.1) is 0 Å². The van der Waals surface area contributed by atoms with Gasteiger partial charge in [-0.2, -0.15) is 0 Å². The summed E-state index contributed by atoms with van der Waals surface area (Å²) in [7, 11) is 0. The van der Waals surface area contributed by atoms with E-state index in [4.69, 9.17) is 0 Å². The Balaban J connectivity index is 1.50. The predicted molar refractivity (Wildman–Crippen MR) is 109 cm³/mol. The third-order valence-electron chi connectivity index (χ3n) is 4.09. The number of hydrogen-bond donors (Lipinski definition) is 1. The number of rotatable bonds is 7. The van der Waals surface area contributed by atoms with Crippen LogP contribution in [0.25, 0.3) is 0 Å². The molecule has 4 heteroatoms. The van der Waals surface area contributed by atoms with E-state index in [1.165, 1.54) is 16.7 Å². The maximum Gasteiger partial charge on any atom is 0.237 e. The summed E-state index contributed by atoms with van der Waals surface area (Å²) in [5.41, 5.74) is 4.50. The Hall–Kier alpha value is -2.59. The molecule has 3 rings (SSSR count). The lowest BCUT2D eigenvalue weighted by atomic mass is 10.1.